The fourth-order valence-corrected chi connectivity index (χ4v) is 17.3. The van der Waals surface area contributed by atoms with Gasteiger partial charge in [0.05, 0.1) is 12.2 Å². The zero-order chi connectivity index (χ0) is 34.8. The lowest BCUT2D eigenvalue weighted by Gasteiger charge is -2.32. The third kappa shape index (κ3) is 9.01. The van der Waals surface area contributed by atoms with Crippen LogP contribution in [0.3, 0.4) is 0 Å². The van der Waals surface area contributed by atoms with Gasteiger partial charge in [0.1, 0.15) is 24.4 Å². The molecule has 0 amide bonds. The molecule has 5 aliphatic heterocycles. The molecule has 3 N–H and O–H groups in total. The van der Waals surface area contributed by atoms with Gasteiger partial charge >= 0.3 is 26.4 Å². The van der Waals surface area contributed by atoms with E-state index in [4.69, 9.17) is 26.6 Å². The Labute approximate surface area is 298 Å². The molecule has 0 aromatic rings. The fourth-order valence-electron chi connectivity index (χ4n) is 9.84. The number of allylic oxidation sites excluding steroid dienone is 3. The van der Waals surface area contributed by atoms with Gasteiger partial charge in [0.15, 0.2) is 0 Å². The van der Waals surface area contributed by atoms with E-state index in [0.717, 1.165) is 83.5 Å². The molecule has 0 radical (unpaired) electrons. The van der Waals surface area contributed by atoms with E-state index in [9.17, 15) is 14.4 Å². The molecule has 0 aromatic carbocycles. The predicted molar refractivity (Wildman–Crippen MR) is 195 cm³/mol. The predicted octanol–water partition coefficient (Wildman–Crippen LogP) is 6.93. The first kappa shape index (κ1) is 38.2. The minimum absolute atomic E-state index is 0.290. The summed E-state index contributed by atoms with van der Waals surface area (Å²) in [5, 5.41) is 0. The highest BCUT2D eigenvalue weighted by atomic mass is 28.4. The van der Waals surface area contributed by atoms with Crippen LogP contribution >= 0.6 is 0 Å². The molecule has 1 saturated carbocycles. The fraction of sp³-hybridized carbons (Fsp3) is 0.838. The van der Waals surface area contributed by atoms with Crippen LogP contribution in [0.1, 0.15) is 104 Å². The van der Waals surface area contributed by atoms with E-state index in [0.29, 0.717) is 54.1 Å². The van der Waals surface area contributed by atoms with E-state index in [1.807, 2.05) is 0 Å². The normalized spacial score (nSPS) is 48.6. The molecule has 6 fully saturated rings. The van der Waals surface area contributed by atoms with Crippen LogP contribution in [0.15, 0.2) is 38.0 Å². The second-order valence-corrected chi connectivity index (χ2v) is 23.5. The number of fused-ring (bicyclic) bond motifs is 4. The Morgan fingerprint density at radius 1 is 0.612 bits per heavy atom. The summed E-state index contributed by atoms with van der Waals surface area (Å²) < 4.78 is 39.8. The Morgan fingerprint density at radius 2 is 1.08 bits per heavy atom. The highest BCUT2D eigenvalue weighted by Crippen LogP contribution is 2.47. The van der Waals surface area contributed by atoms with Gasteiger partial charge in [0.2, 0.25) is 0 Å². The number of hydrogen-bond donors (Lipinski definition) is 3. The molecule has 0 aromatic heterocycles. The van der Waals surface area contributed by atoms with Gasteiger partial charge in [-0.15, -0.1) is 19.7 Å². The standard InChI is InChI=1S/C37H64O9Si3/c1-6-26(7-2)21-30-16-19-48(39)42-33-14-12-11-13-32-34-36-37(35(33)44-48)46-49(40,45-36)20-17-31(25-29(10-5)24-30)23-28(9-4)22-27(8-3)15-18-47(38,41-32)43-34/h6,9-10,26-40H,1,4-5,7-8,11-25H2,2-3H3. The Balaban J connectivity index is 1.41. The van der Waals surface area contributed by atoms with Crippen molar-refractivity contribution in [3.8, 4) is 0 Å². The summed E-state index contributed by atoms with van der Waals surface area (Å²) in [4.78, 5) is 36.3. The van der Waals surface area contributed by atoms with E-state index in [1.54, 1.807) is 0 Å². The summed E-state index contributed by atoms with van der Waals surface area (Å²) >= 11 is 0. The molecule has 278 valence electrons. The van der Waals surface area contributed by atoms with Crippen molar-refractivity contribution in [1.29, 1.82) is 0 Å². The minimum Gasteiger partial charge on any atom is -0.390 e. The van der Waals surface area contributed by atoms with Crippen molar-refractivity contribution in [1.82, 2.24) is 0 Å². The first-order valence-corrected chi connectivity index (χ1v) is 25.5. The maximum atomic E-state index is 12.3. The molecule has 15 unspecified atom stereocenters. The van der Waals surface area contributed by atoms with Crippen LogP contribution in [-0.2, 0) is 26.6 Å². The lowest BCUT2D eigenvalue weighted by molar-refractivity contribution is -0.0428. The molecular formula is C37H64O9Si3. The van der Waals surface area contributed by atoms with E-state index in [2.05, 4.69) is 51.8 Å². The van der Waals surface area contributed by atoms with Crippen LogP contribution < -0.4 is 0 Å². The van der Waals surface area contributed by atoms with E-state index in [-0.39, 0.29) is 18.1 Å². The molecule has 8 bridgehead atoms. The van der Waals surface area contributed by atoms with Crippen LogP contribution in [0.4, 0.5) is 0 Å². The average Bonchev–Trinajstić information content (AvgIpc) is 3.73. The average molecular weight is 737 g/mol. The highest BCUT2D eigenvalue weighted by molar-refractivity contribution is 6.61. The van der Waals surface area contributed by atoms with Gasteiger partial charge in [-0.25, -0.2) is 0 Å². The summed E-state index contributed by atoms with van der Waals surface area (Å²) in [5.41, 5.74) is 0. The largest absolute Gasteiger partial charge is 0.499 e. The third-order valence-electron chi connectivity index (χ3n) is 12.8. The van der Waals surface area contributed by atoms with Gasteiger partial charge in [-0.05, 0) is 106 Å². The van der Waals surface area contributed by atoms with Crippen molar-refractivity contribution >= 4 is 26.4 Å². The molecule has 49 heavy (non-hydrogen) atoms. The molecule has 1 aliphatic carbocycles. The second-order valence-electron chi connectivity index (χ2n) is 16.3. The van der Waals surface area contributed by atoms with E-state index in [1.165, 1.54) is 0 Å². The van der Waals surface area contributed by atoms with Gasteiger partial charge in [-0.2, -0.15) is 0 Å². The van der Waals surface area contributed by atoms with Gasteiger partial charge < -0.3 is 40.9 Å². The van der Waals surface area contributed by atoms with Gasteiger partial charge in [0, 0.05) is 18.1 Å². The van der Waals surface area contributed by atoms with Crippen LogP contribution in [0.2, 0.25) is 18.1 Å². The molecular weight excluding hydrogens is 673 g/mol. The topological polar surface area (TPSA) is 116 Å². The van der Waals surface area contributed by atoms with Crippen molar-refractivity contribution in [3.05, 3.63) is 38.0 Å². The Morgan fingerprint density at radius 3 is 1.57 bits per heavy atom. The monoisotopic (exact) mass is 736 g/mol. The van der Waals surface area contributed by atoms with Gasteiger partial charge in [0.25, 0.3) is 0 Å². The first-order chi connectivity index (χ1) is 23.5. The molecule has 12 heteroatoms. The molecule has 6 aliphatic rings. The van der Waals surface area contributed by atoms with Crippen LogP contribution in [0.5, 0.6) is 0 Å². The van der Waals surface area contributed by atoms with Crippen molar-refractivity contribution in [3.63, 3.8) is 0 Å². The Bertz CT molecular complexity index is 1150. The van der Waals surface area contributed by atoms with Crippen LogP contribution in [0.25, 0.3) is 0 Å². The molecule has 0 spiro atoms. The number of rotatable bonds is 7. The zero-order valence-electron chi connectivity index (χ0n) is 30.1. The molecule has 15 atom stereocenters. The molecule has 6 rings (SSSR count). The highest BCUT2D eigenvalue weighted by Gasteiger charge is 2.65. The molecule has 5 heterocycles. The third-order valence-corrected chi connectivity index (χ3v) is 19.4. The summed E-state index contributed by atoms with van der Waals surface area (Å²) in [5.74, 6) is 2.13. The van der Waals surface area contributed by atoms with E-state index < -0.39 is 50.8 Å². The molecule has 9 nitrogen and oxygen atoms in total. The molecule has 5 saturated heterocycles. The minimum atomic E-state index is -3.73. The SMILES string of the molecule is C=CC(CC)CC1CC[Si]2(O)OC3CCCCC4O[Si]5(O)CCC(CC)CC(C=C)CC(CC[Si]6(O)OC(C4O5)C(O6)C3O2)CC(C=C)C1. The quantitative estimate of drug-likeness (QED) is 0.189. The summed E-state index contributed by atoms with van der Waals surface area (Å²) in [7, 11) is -10.9. The zero-order valence-corrected chi connectivity index (χ0v) is 33.1. The maximum absolute atomic E-state index is 12.3. The van der Waals surface area contributed by atoms with Crippen molar-refractivity contribution in [2.24, 2.45) is 35.5 Å². The van der Waals surface area contributed by atoms with Crippen molar-refractivity contribution < 1.29 is 40.9 Å². The van der Waals surface area contributed by atoms with Gasteiger partial charge in [-0.3, -0.25) is 0 Å². The summed E-state index contributed by atoms with van der Waals surface area (Å²) in [6.45, 7) is 17.2. The maximum Gasteiger partial charge on any atom is 0.499 e. The van der Waals surface area contributed by atoms with E-state index >= 15 is 0 Å². The smallest absolute Gasteiger partial charge is 0.390 e. The lowest BCUT2D eigenvalue weighted by Crippen LogP contribution is -2.50. The number of hydrogen-bond acceptors (Lipinski definition) is 9. The van der Waals surface area contributed by atoms with Gasteiger partial charge in [-0.1, -0.05) is 51.3 Å². The van der Waals surface area contributed by atoms with Crippen molar-refractivity contribution in [2.45, 2.75) is 158 Å². The summed E-state index contributed by atoms with van der Waals surface area (Å²) in [6.07, 6.45) is 15.7. The van der Waals surface area contributed by atoms with Crippen LogP contribution in [-0.4, -0.2) is 77.4 Å². The Kier molecular flexibility index (Phi) is 12.7. The van der Waals surface area contributed by atoms with Crippen LogP contribution in [0, 0.1) is 35.5 Å². The first-order valence-electron chi connectivity index (χ1n) is 19.6. The Hall–Kier alpha value is -0.489. The second kappa shape index (κ2) is 16.3. The summed E-state index contributed by atoms with van der Waals surface area (Å²) in [6, 6.07) is 1.39. The lowest BCUT2D eigenvalue weighted by atomic mass is 9.77. The van der Waals surface area contributed by atoms with Crippen molar-refractivity contribution in [2.75, 3.05) is 0 Å².